The molecule has 0 heterocycles. The van der Waals surface area contributed by atoms with Crippen molar-refractivity contribution in [3.8, 4) is 5.75 Å². The van der Waals surface area contributed by atoms with Crippen molar-refractivity contribution in [1.29, 1.82) is 0 Å². The van der Waals surface area contributed by atoms with E-state index in [1.165, 1.54) is 24.3 Å². The van der Waals surface area contributed by atoms with Crippen LogP contribution in [0.25, 0.3) is 0 Å². The predicted octanol–water partition coefficient (Wildman–Crippen LogP) is 2.79. The number of nitro groups is 1. The molecule has 2 aromatic rings. The summed E-state index contributed by atoms with van der Waals surface area (Å²) in [7, 11) is 3.31. The van der Waals surface area contributed by atoms with Gasteiger partial charge in [0.25, 0.3) is 11.6 Å². The number of hydrogen-bond acceptors (Lipinski definition) is 5. The zero-order chi connectivity index (χ0) is 17.5. The number of methoxy groups -OCH3 is 1. The highest BCUT2D eigenvalue weighted by Gasteiger charge is 2.13. The number of nitrogens with zero attached hydrogens (tertiary/aromatic N) is 2. The van der Waals surface area contributed by atoms with E-state index in [0.717, 1.165) is 11.4 Å². The Morgan fingerprint density at radius 1 is 1.17 bits per heavy atom. The summed E-state index contributed by atoms with van der Waals surface area (Å²) >= 11 is 0. The molecule has 24 heavy (non-hydrogen) atoms. The van der Waals surface area contributed by atoms with E-state index >= 15 is 0 Å². The third-order valence-electron chi connectivity index (χ3n) is 3.54. The van der Waals surface area contributed by atoms with Crippen LogP contribution in [0.2, 0.25) is 0 Å². The third-order valence-corrected chi connectivity index (χ3v) is 3.54. The monoisotopic (exact) mass is 329 g/mol. The number of anilines is 1. The molecule has 7 nitrogen and oxygen atoms in total. The molecule has 0 aliphatic carbocycles. The van der Waals surface area contributed by atoms with Crippen LogP contribution in [0, 0.1) is 10.1 Å². The second kappa shape index (κ2) is 7.96. The van der Waals surface area contributed by atoms with Crippen molar-refractivity contribution in [2.75, 3.05) is 32.6 Å². The SMILES string of the molecule is COc1ccc(NCCN(C)C(=O)c2ccc([N+](=O)[O-])cc2)cc1. The Balaban J connectivity index is 1.85. The quantitative estimate of drug-likeness (QED) is 0.624. The number of hydrogen-bond donors (Lipinski definition) is 1. The van der Waals surface area contributed by atoms with Crippen molar-refractivity contribution in [3.63, 3.8) is 0 Å². The summed E-state index contributed by atoms with van der Waals surface area (Å²) in [5, 5.41) is 13.8. The summed E-state index contributed by atoms with van der Waals surface area (Å²) in [6, 6.07) is 13.1. The van der Waals surface area contributed by atoms with Gasteiger partial charge < -0.3 is 15.0 Å². The molecule has 1 N–H and O–H groups in total. The summed E-state index contributed by atoms with van der Waals surface area (Å²) in [4.78, 5) is 24.0. The Hall–Kier alpha value is -3.09. The molecule has 0 atom stereocenters. The van der Waals surface area contributed by atoms with E-state index in [1.54, 1.807) is 19.1 Å². The van der Waals surface area contributed by atoms with Crippen LogP contribution in [-0.4, -0.2) is 43.0 Å². The van der Waals surface area contributed by atoms with Gasteiger partial charge in [-0.3, -0.25) is 14.9 Å². The molecule has 0 saturated heterocycles. The predicted molar refractivity (Wildman–Crippen MR) is 91.5 cm³/mol. The fourth-order valence-corrected chi connectivity index (χ4v) is 2.12. The number of ether oxygens (including phenoxy) is 1. The van der Waals surface area contributed by atoms with E-state index in [2.05, 4.69) is 5.32 Å². The second-order valence-electron chi connectivity index (χ2n) is 5.19. The van der Waals surface area contributed by atoms with E-state index in [-0.39, 0.29) is 11.6 Å². The number of benzene rings is 2. The molecule has 0 saturated carbocycles. The van der Waals surface area contributed by atoms with Crippen LogP contribution in [0.5, 0.6) is 5.75 Å². The summed E-state index contributed by atoms with van der Waals surface area (Å²) < 4.78 is 5.09. The normalized spacial score (nSPS) is 10.1. The van der Waals surface area contributed by atoms with Crippen LogP contribution in [0.15, 0.2) is 48.5 Å². The first kappa shape index (κ1) is 17.3. The molecular formula is C17H19N3O4. The van der Waals surface area contributed by atoms with Crippen molar-refractivity contribution in [3.05, 3.63) is 64.2 Å². The minimum atomic E-state index is -0.489. The van der Waals surface area contributed by atoms with Crippen LogP contribution >= 0.6 is 0 Å². The van der Waals surface area contributed by atoms with Gasteiger partial charge >= 0.3 is 0 Å². The van der Waals surface area contributed by atoms with Gasteiger partial charge in [0, 0.05) is 43.5 Å². The van der Waals surface area contributed by atoms with Gasteiger partial charge in [0.2, 0.25) is 0 Å². The van der Waals surface area contributed by atoms with Gasteiger partial charge in [-0.1, -0.05) is 0 Å². The highest BCUT2D eigenvalue weighted by atomic mass is 16.6. The lowest BCUT2D eigenvalue weighted by Crippen LogP contribution is -2.31. The van der Waals surface area contributed by atoms with E-state index in [1.807, 2.05) is 24.3 Å². The highest BCUT2D eigenvalue weighted by Crippen LogP contribution is 2.15. The first-order chi connectivity index (χ1) is 11.5. The molecule has 2 rings (SSSR count). The van der Waals surface area contributed by atoms with Crippen LogP contribution in [0.3, 0.4) is 0 Å². The van der Waals surface area contributed by atoms with Crippen LogP contribution in [0.4, 0.5) is 11.4 Å². The van der Waals surface area contributed by atoms with Crippen molar-refractivity contribution < 1.29 is 14.5 Å². The maximum Gasteiger partial charge on any atom is 0.269 e. The lowest BCUT2D eigenvalue weighted by molar-refractivity contribution is -0.384. The molecule has 2 aromatic carbocycles. The summed E-state index contributed by atoms with van der Waals surface area (Å²) in [5.41, 5.74) is 1.33. The average Bonchev–Trinajstić information content (AvgIpc) is 2.61. The summed E-state index contributed by atoms with van der Waals surface area (Å²) in [5.74, 6) is 0.604. The lowest BCUT2D eigenvalue weighted by atomic mass is 10.2. The average molecular weight is 329 g/mol. The Morgan fingerprint density at radius 3 is 2.33 bits per heavy atom. The molecule has 0 spiro atoms. The van der Waals surface area contributed by atoms with Gasteiger partial charge in [-0.15, -0.1) is 0 Å². The van der Waals surface area contributed by atoms with E-state index in [9.17, 15) is 14.9 Å². The van der Waals surface area contributed by atoms with Gasteiger partial charge in [-0.05, 0) is 36.4 Å². The van der Waals surface area contributed by atoms with Gasteiger partial charge in [0.1, 0.15) is 5.75 Å². The summed E-state index contributed by atoms with van der Waals surface area (Å²) in [6.45, 7) is 1.09. The summed E-state index contributed by atoms with van der Waals surface area (Å²) in [6.07, 6.45) is 0. The molecule has 0 fully saturated rings. The zero-order valence-corrected chi connectivity index (χ0v) is 13.6. The third kappa shape index (κ3) is 4.45. The number of nitro benzene ring substituents is 1. The fraction of sp³-hybridized carbons (Fsp3) is 0.235. The number of nitrogens with one attached hydrogen (secondary N) is 1. The van der Waals surface area contributed by atoms with Crippen LogP contribution in [0.1, 0.15) is 10.4 Å². The van der Waals surface area contributed by atoms with Crippen molar-refractivity contribution >= 4 is 17.3 Å². The van der Waals surface area contributed by atoms with Gasteiger partial charge in [0.15, 0.2) is 0 Å². The zero-order valence-electron chi connectivity index (χ0n) is 13.6. The largest absolute Gasteiger partial charge is 0.497 e. The number of likely N-dealkylation sites (N-methyl/N-ethyl adjacent to an activating group) is 1. The van der Waals surface area contributed by atoms with Gasteiger partial charge in [-0.2, -0.15) is 0 Å². The van der Waals surface area contributed by atoms with E-state index in [4.69, 9.17) is 4.74 Å². The number of non-ortho nitro benzene ring substituents is 1. The molecule has 1 amide bonds. The van der Waals surface area contributed by atoms with E-state index in [0.29, 0.717) is 18.7 Å². The molecule has 0 aromatic heterocycles. The minimum absolute atomic E-state index is 0.0321. The van der Waals surface area contributed by atoms with Gasteiger partial charge in [-0.25, -0.2) is 0 Å². The topological polar surface area (TPSA) is 84.7 Å². The number of rotatable bonds is 7. The van der Waals surface area contributed by atoms with E-state index < -0.39 is 4.92 Å². The minimum Gasteiger partial charge on any atom is -0.497 e. The number of amides is 1. The smallest absolute Gasteiger partial charge is 0.269 e. The molecule has 0 radical (unpaired) electrons. The van der Waals surface area contributed by atoms with Gasteiger partial charge in [0.05, 0.1) is 12.0 Å². The molecule has 0 unspecified atom stereocenters. The molecule has 7 heteroatoms. The first-order valence-corrected chi connectivity index (χ1v) is 7.39. The van der Waals surface area contributed by atoms with Crippen LogP contribution < -0.4 is 10.1 Å². The molecule has 0 aliphatic rings. The van der Waals surface area contributed by atoms with Crippen molar-refractivity contribution in [2.45, 2.75) is 0 Å². The maximum atomic E-state index is 12.3. The Bertz CT molecular complexity index is 699. The van der Waals surface area contributed by atoms with Crippen molar-refractivity contribution in [1.82, 2.24) is 4.90 Å². The molecule has 0 aliphatic heterocycles. The Kier molecular flexibility index (Phi) is 5.73. The molecule has 126 valence electrons. The maximum absolute atomic E-state index is 12.3. The second-order valence-corrected chi connectivity index (χ2v) is 5.19. The van der Waals surface area contributed by atoms with Crippen molar-refractivity contribution in [2.24, 2.45) is 0 Å². The highest BCUT2D eigenvalue weighted by molar-refractivity contribution is 5.94. The Labute approximate surface area is 140 Å². The lowest BCUT2D eigenvalue weighted by Gasteiger charge is -2.18. The van der Waals surface area contributed by atoms with Crippen LogP contribution in [-0.2, 0) is 0 Å². The standard InChI is InChI=1S/C17H19N3O4/c1-19(12-11-18-14-5-9-16(24-2)10-6-14)17(21)13-3-7-15(8-4-13)20(22)23/h3-10,18H,11-12H2,1-2H3. The molecular weight excluding hydrogens is 310 g/mol. The Morgan fingerprint density at radius 2 is 1.79 bits per heavy atom. The fourth-order valence-electron chi connectivity index (χ4n) is 2.12. The first-order valence-electron chi connectivity index (χ1n) is 7.39. The molecule has 0 bridgehead atoms. The number of carbonyl (C=O) groups excluding carboxylic acids is 1. The number of carbonyl (C=O) groups is 1.